The molecule has 6 nitrogen and oxygen atoms in total. The average Bonchev–Trinajstić information content (AvgIpc) is 2.37. The first-order valence-electron chi connectivity index (χ1n) is 5.78. The highest BCUT2D eigenvalue weighted by atomic mass is 35.5. The molecule has 1 amide bonds. The number of amides is 1. The minimum atomic E-state index is -0.772. The quantitative estimate of drug-likeness (QED) is 0.849. The lowest BCUT2D eigenvalue weighted by Crippen LogP contribution is -2.39. The van der Waals surface area contributed by atoms with Crippen molar-refractivity contribution in [3.8, 4) is 0 Å². The van der Waals surface area contributed by atoms with Crippen LogP contribution < -0.4 is 5.32 Å². The molecule has 19 heavy (non-hydrogen) atoms. The van der Waals surface area contributed by atoms with Crippen LogP contribution in [-0.4, -0.2) is 35.0 Å². The van der Waals surface area contributed by atoms with E-state index in [2.05, 4.69) is 20.0 Å². The second-order valence-electron chi connectivity index (χ2n) is 4.30. The number of methoxy groups -OCH3 is 1. The van der Waals surface area contributed by atoms with Crippen molar-refractivity contribution < 1.29 is 14.3 Å². The van der Waals surface area contributed by atoms with E-state index in [1.165, 1.54) is 20.2 Å². The van der Waals surface area contributed by atoms with Gasteiger partial charge in [-0.3, -0.25) is 4.79 Å². The fraction of sp³-hybridized carbons (Fsp3) is 0.500. The van der Waals surface area contributed by atoms with Crippen molar-refractivity contribution in [1.82, 2.24) is 15.3 Å². The fourth-order valence-corrected chi connectivity index (χ4v) is 1.50. The molecule has 0 fully saturated rings. The molecule has 1 aromatic heterocycles. The Morgan fingerprint density at radius 3 is 2.53 bits per heavy atom. The summed E-state index contributed by atoms with van der Waals surface area (Å²) in [6, 6.07) is -0.772. The molecule has 0 aliphatic carbocycles. The molecule has 0 saturated carbocycles. The van der Waals surface area contributed by atoms with Crippen LogP contribution in [0.25, 0.3) is 0 Å². The topological polar surface area (TPSA) is 81.2 Å². The molecule has 1 unspecified atom stereocenters. The Labute approximate surface area is 116 Å². The number of hydrogen-bond acceptors (Lipinski definition) is 5. The zero-order valence-electron chi connectivity index (χ0n) is 11.2. The van der Waals surface area contributed by atoms with Crippen LogP contribution >= 0.6 is 11.6 Å². The average molecular weight is 286 g/mol. The number of aromatic nitrogens is 2. The monoisotopic (exact) mass is 285 g/mol. The molecule has 0 radical (unpaired) electrons. The molecule has 1 rings (SSSR count). The molecule has 0 bridgehead atoms. The van der Waals surface area contributed by atoms with Gasteiger partial charge in [-0.05, 0) is 6.92 Å². The number of ether oxygens (including phenoxy) is 1. The summed E-state index contributed by atoms with van der Waals surface area (Å²) in [5.41, 5.74) is 0.0520. The van der Waals surface area contributed by atoms with E-state index in [9.17, 15) is 9.59 Å². The molecule has 0 aliphatic rings. The Hall–Kier alpha value is -1.69. The molecule has 1 N–H and O–H groups in total. The number of esters is 1. The van der Waals surface area contributed by atoms with Crippen LogP contribution in [0.4, 0.5) is 0 Å². The Kier molecular flexibility index (Phi) is 5.23. The van der Waals surface area contributed by atoms with E-state index in [1.807, 2.05) is 13.8 Å². The number of rotatable bonds is 4. The summed E-state index contributed by atoms with van der Waals surface area (Å²) in [4.78, 5) is 31.4. The molecule has 0 spiro atoms. The van der Waals surface area contributed by atoms with Gasteiger partial charge in [0.2, 0.25) is 0 Å². The zero-order valence-corrected chi connectivity index (χ0v) is 12.0. The van der Waals surface area contributed by atoms with Gasteiger partial charge in [-0.2, -0.15) is 0 Å². The summed E-state index contributed by atoms with van der Waals surface area (Å²) < 4.78 is 4.52. The maximum Gasteiger partial charge on any atom is 0.328 e. The van der Waals surface area contributed by atoms with E-state index >= 15 is 0 Å². The first kappa shape index (κ1) is 15.4. The SMILES string of the molecule is COC(=O)C(C)NC(=O)c1nc(C(C)C)ncc1Cl. The molecule has 0 saturated heterocycles. The predicted octanol–water partition coefficient (Wildman–Crippen LogP) is 1.54. The van der Waals surface area contributed by atoms with Crippen molar-refractivity contribution in [3.05, 3.63) is 22.7 Å². The molecule has 104 valence electrons. The minimum absolute atomic E-state index is 0.0520. The first-order valence-corrected chi connectivity index (χ1v) is 6.15. The van der Waals surface area contributed by atoms with Gasteiger partial charge in [0.05, 0.1) is 18.3 Å². The number of nitrogens with one attached hydrogen (secondary N) is 1. The van der Waals surface area contributed by atoms with E-state index in [4.69, 9.17) is 11.6 Å². The number of halogens is 1. The molecule has 0 aliphatic heterocycles. The third kappa shape index (κ3) is 3.89. The largest absolute Gasteiger partial charge is 0.467 e. The third-order valence-corrected chi connectivity index (χ3v) is 2.67. The highest BCUT2D eigenvalue weighted by Gasteiger charge is 2.20. The summed E-state index contributed by atoms with van der Waals surface area (Å²) in [7, 11) is 1.25. The van der Waals surface area contributed by atoms with Gasteiger partial charge in [-0.15, -0.1) is 0 Å². The van der Waals surface area contributed by atoms with Crippen LogP contribution in [0.1, 0.15) is 43.0 Å². The van der Waals surface area contributed by atoms with Crippen LogP contribution in [0.5, 0.6) is 0 Å². The van der Waals surface area contributed by atoms with Crippen LogP contribution in [0.3, 0.4) is 0 Å². The van der Waals surface area contributed by atoms with E-state index in [-0.39, 0.29) is 16.6 Å². The lowest BCUT2D eigenvalue weighted by atomic mass is 10.2. The van der Waals surface area contributed by atoms with Crippen LogP contribution in [-0.2, 0) is 9.53 Å². The molecule has 7 heteroatoms. The van der Waals surface area contributed by atoms with E-state index in [1.54, 1.807) is 0 Å². The van der Waals surface area contributed by atoms with E-state index in [0.29, 0.717) is 5.82 Å². The number of carbonyl (C=O) groups excluding carboxylic acids is 2. The van der Waals surface area contributed by atoms with Crippen molar-refractivity contribution >= 4 is 23.5 Å². The lowest BCUT2D eigenvalue weighted by Gasteiger charge is -2.12. The first-order chi connectivity index (χ1) is 8.86. The van der Waals surface area contributed by atoms with Crippen molar-refractivity contribution in [2.24, 2.45) is 0 Å². The van der Waals surface area contributed by atoms with Crippen LogP contribution in [0.15, 0.2) is 6.20 Å². The Morgan fingerprint density at radius 2 is 2.00 bits per heavy atom. The van der Waals surface area contributed by atoms with Gasteiger partial charge >= 0.3 is 5.97 Å². The molecule has 1 atom stereocenters. The minimum Gasteiger partial charge on any atom is -0.467 e. The number of hydrogen-bond donors (Lipinski definition) is 1. The maximum absolute atomic E-state index is 12.0. The summed E-state index contributed by atoms with van der Waals surface area (Å²) in [5.74, 6) is -0.489. The van der Waals surface area contributed by atoms with Crippen LogP contribution in [0.2, 0.25) is 5.02 Å². The maximum atomic E-state index is 12.0. The normalized spacial score (nSPS) is 12.1. The van der Waals surface area contributed by atoms with Gasteiger partial charge in [0.25, 0.3) is 5.91 Å². The van der Waals surface area contributed by atoms with Gasteiger partial charge in [0.1, 0.15) is 17.6 Å². The molecular weight excluding hydrogens is 270 g/mol. The second-order valence-corrected chi connectivity index (χ2v) is 4.70. The van der Waals surface area contributed by atoms with Crippen molar-refractivity contribution in [3.63, 3.8) is 0 Å². The summed E-state index contributed by atoms with van der Waals surface area (Å²) >= 11 is 5.89. The Morgan fingerprint density at radius 1 is 1.37 bits per heavy atom. The van der Waals surface area contributed by atoms with Crippen LogP contribution in [0, 0.1) is 0 Å². The van der Waals surface area contributed by atoms with Gasteiger partial charge in [0, 0.05) is 5.92 Å². The van der Waals surface area contributed by atoms with Gasteiger partial charge in [-0.25, -0.2) is 14.8 Å². The Bertz CT molecular complexity index is 491. The zero-order chi connectivity index (χ0) is 14.6. The van der Waals surface area contributed by atoms with Gasteiger partial charge in [-0.1, -0.05) is 25.4 Å². The van der Waals surface area contributed by atoms with Crippen molar-refractivity contribution in [2.75, 3.05) is 7.11 Å². The molecule has 1 aromatic rings. The van der Waals surface area contributed by atoms with Gasteiger partial charge in [0.15, 0.2) is 0 Å². The summed E-state index contributed by atoms with van der Waals surface area (Å²) in [6.07, 6.45) is 1.38. The molecular formula is C12H16ClN3O3. The third-order valence-electron chi connectivity index (χ3n) is 2.40. The Balaban J connectivity index is 2.93. The van der Waals surface area contributed by atoms with E-state index in [0.717, 1.165) is 0 Å². The summed E-state index contributed by atoms with van der Waals surface area (Å²) in [6.45, 7) is 5.33. The van der Waals surface area contributed by atoms with Crippen molar-refractivity contribution in [1.29, 1.82) is 0 Å². The smallest absolute Gasteiger partial charge is 0.328 e. The fourth-order valence-electron chi connectivity index (χ4n) is 1.32. The number of nitrogens with zero attached hydrogens (tertiary/aromatic N) is 2. The predicted molar refractivity (Wildman–Crippen MR) is 70.1 cm³/mol. The summed E-state index contributed by atoms with van der Waals surface area (Å²) in [5, 5.41) is 2.60. The highest BCUT2D eigenvalue weighted by Crippen LogP contribution is 2.16. The molecule has 0 aromatic carbocycles. The second kappa shape index (κ2) is 6.47. The number of carbonyl (C=O) groups is 2. The molecule has 1 heterocycles. The lowest BCUT2D eigenvalue weighted by molar-refractivity contribution is -0.142. The van der Waals surface area contributed by atoms with E-state index < -0.39 is 17.9 Å². The highest BCUT2D eigenvalue weighted by molar-refractivity contribution is 6.33. The van der Waals surface area contributed by atoms with Gasteiger partial charge < -0.3 is 10.1 Å². The van der Waals surface area contributed by atoms with Crippen molar-refractivity contribution in [2.45, 2.75) is 32.7 Å². The standard InChI is InChI=1S/C12H16ClN3O3/c1-6(2)10-14-5-8(13)9(16-10)11(17)15-7(3)12(18)19-4/h5-7H,1-4H3,(H,15,17).